The lowest BCUT2D eigenvalue weighted by Crippen LogP contribution is -2.08. The Morgan fingerprint density at radius 3 is 2.19 bits per heavy atom. The van der Waals surface area contributed by atoms with E-state index in [0.29, 0.717) is 22.7 Å². The molecular weight excluding hydrogens is 419 g/mol. The van der Waals surface area contributed by atoms with Gasteiger partial charge in [0.1, 0.15) is 0 Å². The van der Waals surface area contributed by atoms with E-state index in [4.69, 9.17) is 9.47 Å². The number of aryl methyl sites for hydroxylation is 3. The third kappa shape index (κ3) is 3.66. The zero-order chi connectivity index (χ0) is 23.2. The van der Waals surface area contributed by atoms with E-state index < -0.39 is 11.7 Å². The van der Waals surface area contributed by atoms with E-state index in [1.165, 1.54) is 18.9 Å². The number of fused-ring (bicyclic) bond motifs is 1. The summed E-state index contributed by atoms with van der Waals surface area (Å²) < 4.78 is 54.2. The van der Waals surface area contributed by atoms with Crippen LogP contribution in [0.1, 0.15) is 22.4 Å². The van der Waals surface area contributed by atoms with Gasteiger partial charge < -0.3 is 9.47 Å². The number of nitrogens with zero attached hydrogens (tertiary/aromatic N) is 3. The number of alkyl halides is 3. The fourth-order valence-corrected chi connectivity index (χ4v) is 3.69. The van der Waals surface area contributed by atoms with Gasteiger partial charge in [0.15, 0.2) is 17.1 Å². The summed E-state index contributed by atoms with van der Waals surface area (Å²) >= 11 is 0. The minimum atomic E-state index is -4.58. The van der Waals surface area contributed by atoms with Crippen LogP contribution in [-0.2, 0) is 6.18 Å². The van der Waals surface area contributed by atoms with E-state index in [2.05, 4.69) is 10.1 Å². The number of ether oxygens (including phenoxy) is 2. The molecule has 0 unspecified atom stereocenters. The number of halogens is 3. The van der Waals surface area contributed by atoms with Crippen LogP contribution < -0.4 is 9.47 Å². The van der Waals surface area contributed by atoms with Crippen molar-refractivity contribution in [2.45, 2.75) is 26.9 Å². The van der Waals surface area contributed by atoms with E-state index in [1.54, 1.807) is 25.1 Å². The van der Waals surface area contributed by atoms with Gasteiger partial charge in [-0.2, -0.15) is 18.3 Å². The molecule has 32 heavy (non-hydrogen) atoms. The van der Waals surface area contributed by atoms with Crippen LogP contribution >= 0.6 is 0 Å². The number of aromatic nitrogens is 3. The second-order valence-corrected chi connectivity index (χ2v) is 7.59. The predicted molar refractivity (Wildman–Crippen MR) is 117 cm³/mol. The van der Waals surface area contributed by atoms with E-state index in [9.17, 15) is 13.2 Å². The number of methoxy groups -OCH3 is 2. The minimum absolute atomic E-state index is 0.0139. The number of hydrogen-bond donors (Lipinski definition) is 0. The van der Waals surface area contributed by atoms with E-state index in [-0.39, 0.29) is 22.4 Å². The van der Waals surface area contributed by atoms with Crippen LogP contribution in [0.5, 0.6) is 11.5 Å². The lowest BCUT2D eigenvalue weighted by Gasteiger charge is -2.13. The molecule has 0 radical (unpaired) electrons. The Hall–Kier alpha value is -3.55. The minimum Gasteiger partial charge on any atom is -0.493 e. The highest BCUT2D eigenvalue weighted by atomic mass is 19.4. The highest BCUT2D eigenvalue weighted by Gasteiger charge is 2.36. The molecule has 4 aromatic rings. The molecule has 0 aliphatic heterocycles. The summed E-state index contributed by atoms with van der Waals surface area (Å²) in [6.45, 7) is 5.48. The van der Waals surface area contributed by atoms with Crippen LogP contribution in [0.25, 0.3) is 28.0 Å². The summed E-state index contributed by atoms with van der Waals surface area (Å²) in [7, 11) is 2.96. The molecule has 0 fully saturated rings. The van der Waals surface area contributed by atoms with E-state index in [0.717, 1.165) is 17.2 Å². The van der Waals surface area contributed by atoms with E-state index in [1.807, 2.05) is 32.0 Å². The highest BCUT2D eigenvalue weighted by molar-refractivity contribution is 5.87. The molecule has 0 saturated heterocycles. The van der Waals surface area contributed by atoms with Gasteiger partial charge in [0, 0.05) is 5.56 Å². The molecule has 2 aromatic heterocycles. The standard InChI is InChI=1S/C24H22F3N3O2/c1-13-6-8-17(10-14(13)2)30-23-22(15(3)29-30)18(24(25,26)27)12-19(28-23)16-7-9-20(31-4)21(11-16)32-5/h6-12H,1-5H3. The molecular formula is C24H22F3N3O2. The van der Waals surface area contributed by atoms with Crippen molar-refractivity contribution in [3.8, 4) is 28.4 Å². The van der Waals surface area contributed by atoms with Crippen molar-refractivity contribution in [3.63, 3.8) is 0 Å². The Bertz CT molecular complexity index is 1330. The van der Waals surface area contributed by atoms with Crippen LogP contribution in [0.2, 0.25) is 0 Å². The van der Waals surface area contributed by atoms with E-state index >= 15 is 0 Å². The Morgan fingerprint density at radius 1 is 0.844 bits per heavy atom. The van der Waals surface area contributed by atoms with Gasteiger partial charge in [0.05, 0.1) is 42.2 Å². The summed E-state index contributed by atoms with van der Waals surface area (Å²) in [5.41, 5.74) is 3.00. The maximum Gasteiger partial charge on any atom is 0.417 e. The predicted octanol–water partition coefficient (Wildman–Crippen LogP) is 6.05. The van der Waals surface area contributed by atoms with Gasteiger partial charge in [-0.3, -0.25) is 0 Å². The lowest BCUT2D eigenvalue weighted by atomic mass is 10.0. The zero-order valence-corrected chi connectivity index (χ0v) is 18.3. The van der Waals surface area contributed by atoms with Crippen molar-refractivity contribution in [3.05, 3.63) is 64.8 Å². The van der Waals surface area contributed by atoms with Gasteiger partial charge in [0.2, 0.25) is 0 Å². The molecule has 4 rings (SSSR count). The summed E-state index contributed by atoms with van der Waals surface area (Å²) in [5, 5.41) is 4.40. The monoisotopic (exact) mass is 441 g/mol. The second kappa shape index (κ2) is 7.85. The Kier molecular flexibility index (Phi) is 5.32. The van der Waals surface area contributed by atoms with Crippen molar-refractivity contribution >= 4 is 11.0 Å². The van der Waals surface area contributed by atoms with Gasteiger partial charge in [-0.15, -0.1) is 0 Å². The first-order valence-electron chi connectivity index (χ1n) is 9.91. The summed E-state index contributed by atoms with van der Waals surface area (Å²) in [4.78, 5) is 4.60. The average Bonchev–Trinajstić information content (AvgIpc) is 3.10. The molecule has 0 atom stereocenters. The first-order valence-corrected chi connectivity index (χ1v) is 9.91. The topological polar surface area (TPSA) is 49.2 Å². The molecule has 8 heteroatoms. The molecule has 0 saturated carbocycles. The van der Waals surface area contributed by atoms with Crippen LogP contribution in [-0.4, -0.2) is 29.0 Å². The van der Waals surface area contributed by atoms with Crippen LogP contribution in [0.15, 0.2) is 42.5 Å². The van der Waals surface area contributed by atoms with Crippen molar-refractivity contribution in [2.24, 2.45) is 0 Å². The van der Waals surface area contributed by atoms with Gasteiger partial charge in [0.25, 0.3) is 0 Å². The quantitative estimate of drug-likeness (QED) is 0.387. The van der Waals surface area contributed by atoms with Crippen molar-refractivity contribution in [1.82, 2.24) is 14.8 Å². The SMILES string of the molecule is COc1ccc(-c2cc(C(F)(F)F)c3c(C)nn(-c4ccc(C)c(C)c4)c3n2)cc1OC. The molecule has 0 spiro atoms. The smallest absolute Gasteiger partial charge is 0.417 e. The molecule has 0 N–H and O–H groups in total. The Labute approximate surface area is 183 Å². The maximum atomic E-state index is 14.1. The molecule has 0 bridgehead atoms. The number of benzene rings is 2. The second-order valence-electron chi connectivity index (χ2n) is 7.59. The van der Waals surface area contributed by atoms with Gasteiger partial charge in [-0.25, -0.2) is 9.67 Å². The largest absolute Gasteiger partial charge is 0.493 e. The normalized spacial score (nSPS) is 11.8. The van der Waals surface area contributed by atoms with Crippen molar-refractivity contribution < 1.29 is 22.6 Å². The first-order chi connectivity index (χ1) is 15.1. The van der Waals surface area contributed by atoms with Crippen molar-refractivity contribution in [2.75, 3.05) is 14.2 Å². The molecule has 0 amide bonds. The molecule has 166 valence electrons. The van der Waals surface area contributed by atoms with Gasteiger partial charge >= 0.3 is 6.18 Å². The summed E-state index contributed by atoms with van der Waals surface area (Å²) in [5.74, 6) is 0.878. The number of hydrogen-bond acceptors (Lipinski definition) is 4. The Balaban J connectivity index is 2.03. The zero-order valence-electron chi connectivity index (χ0n) is 18.3. The number of pyridine rings is 1. The third-order valence-electron chi connectivity index (χ3n) is 5.53. The van der Waals surface area contributed by atoms with Crippen LogP contribution in [0, 0.1) is 20.8 Å². The fourth-order valence-electron chi connectivity index (χ4n) is 3.69. The highest BCUT2D eigenvalue weighted by Crippen LogP contribution is 2.40. The third-order valence-corrected chi connectivity index (χ3v) is 5.53. The summed E-state index contributed by atoms with van der Waals surface area (Å²) in [6.07, 6.45) is -4.58. The van der Waals surface area contributed by atoms with Crippen molar-refractivity contribution in [1.29, 1.82) is 0 Å². The Morgan fingerprint density at radius 2 is 1.56 bits per heavy atom. The molecule has 0 aliphatic carbocycles. The first kappa shape index (κ1) is 21.7. The molecule has 2 heterocycles. The van der Waals surface area contributed by atoms with Crippen LogP contribution in [0.4, 0.5) is 13.2 Å². The lowest BCUT2D eigenvalue weighted by molar-refractivity contribution is -0.136. The van der Waals surface area contributed by atoms with Crippen LogP contribution in [0.3, 0.4) is 0 Å². The van der Waals surface area contributed by atoms with Gasteiger partial charge in [-0.1, -0.05) is 6.07 Å². The molecule has 2 aromatic carbocycles. The van der Waals surface area contributed by atoms with Gasteiger partial charge in [-0.05, 0) is 68.3 Å². The fraction of sp³-hybridized carbons (Fsp3) is 0.250. The maximum absolute atomic E-state index is 14.1. The summed E-state index contributed by atoms with van der Waals surface area (Å²) in [6, 6.07) is 11.6. The average molecular weight is 441 g/mol. The molecule has 0 aliphatic rings. The molecule has 5 nitrogen and oxygen atoms in total. The number of rotatable bonds is 4.